The summed E-state index contributed by atoms with van der Waals surface area (Å²) in [6, 6.07) is 17.3. The molecule has 0 bridgehead atoms. The summed E-state index contributed by atoms with van der Waals surface area (Å²) in [7, 11) is 0. The molecule has 0 fully saturated rings. The number of hydrogen-bond acceptors (Lipinski definition) is 5. The lowest BCUT2D eigenvalue weighted by atomic mass is 9.97. The molecule has 4 N–H and O–H groups in total. The molecule has 0 spiro atoms. The van der Waals surface area contributed by atoms with Crippen LogP contribution in [0.25, 0.3) is 22.3 Å². The van der Waals surface area contributed by atoms with Crippen LogP contribution in [0.1, 0.15) is 22.3 Å². The molecule has 168 valence electrons. The first-order valence-electron chi connectivity index (χ1n) is 10.6. The molecule has 0 amide bonds. The zero-order valence-corrected chi connectivity index (χ0v) is 19.0. The molecule has 4 rings (SSSR count). The molecule has 0 aliphatic carbocycles. The predicted octanol–water partition coefficient (Wildman–Crippen LogP) is 6.87. The van der Waals surface area contributed by atoms with Gasteiger partial charge < -0.3 is 25.2 Å². The largest absolute Gasteiger partial charge is 0.508 e. The highest BCUT2D eigenvalue weighted by Crippen LogP contribution is 2.46. The van der Waals surface area contributed by atoms with Gasteiger partial charge in [0.1, 0.15) is 34.5 Å². The fourth-order valence-electron chi connectivity index (χ4n) is 3.83. The Morgan fingerprint density at radius 3 is 1.21 bits per heavy atom. The monoisotopic (exact) mass is 442 g/mol. The van der Waals surface area contributed by atoms with Crippen molar-refractivity contribution in [3.8, 4) is 56.8 Å². The number of benzene rings is 4. The maximum Gasteiger partial charge on any atom is 0.141 e. The Balaban J connectivity index is 1.92. The van der Waals surface area contributed by atoms with Gasteiger partial charge in [-0.05, 0) is 98.5 Å². The fraction of sp³-hybridized carbons (Fsp3) is 0.143. The van der Waals surface area contributed by atoms with E-state index in [1.54, 1.807) is 62.4 Å². The molecule has 0 aromatic heterocycles. The van der Waals surface area contributed by atoms with Gasteiger partial charge in [0.2, 0.25) is 0 Å². The van der Waals surface area contributed by atoms with Gasteiger partial charge in [0.15, 0.2) is 0 Å². The highest BCUT2D eigenvalue weighted by Gasteiger charge is 2.20. The van der Waals surface area contributed by atoms with E-state index in [1.807, 2.05) is 26.0 Å². The lowest BCUT2D eigenvalue weighted by Gasteiger charge is -2.20. The summed E-state index contributed by atoms with van der Waals surface area (Å²) in [6.07, 6.45) is 0. The van der Waals surface area contributed by atoms with Crippen LogP contribution in [0, 0.1) is 27.7 Å². The standard InChI is InChI=1S/C28H26O5/c1-15-13-19(5-9-23(15)29)21-7-11-25(31)17(3)27(21)33-28-18(4)26(32)12-8-22(28)20-6-10-24(30)16(2)14-20/h5-14,29-32H,1-4H3. The molecule has 5 nitrogen and oxygen atoms in total. The Morgan fingerprint density at radius 2 is 0.848 bits per heavy atom. The SMILES string of the molecule is Cc1cc(-c2ccc(O)c(C)c2Oc2c(-c3ccc(O)c(C)c3)ccc(O)c2C)ccc1O. The zero-order valence-electron chi connectivity index (χ0n) is 19.0. The van der Waals surface area contributed by atoms with E-state index in [-0.39, 0.29) is 23.0 Å². The smallest absolute Gasteiger partial charge is 0.141 e. The summed E-state index contributed by atoms with van der Waals surface area (Å²) in [5, 5.41) is 40.8. The van der Waals surface area contributed by atoms with Gasteiger partial charge in [0, 0.05) is 22.3 Å². The van der Waals surface area contributed by atoms with E-state index in [1.165, 1.54) is 0 Å². The normalized spacial score (nSPS) is 10.9. The average molecular weight is 443 g/mol. The second-order valence-corrected chi connectivity index (χ2v) is 8.28. The number of rotatable bonds is 4. The molecule has 0 aliphatic rings. The van der Waals surface area contributed by atoms with Crippen molar-refractivity contribution >= 4 is 0 Å². The Bertz CT molecular complexity index is 1270. The summed E-state index contributed by atoms with van der Waals surface area (Å²) < 4.78 is 6.47. The Hall–Kier alpha value is -4.12. The molecule has 0 heterocycles. The Morgan fingerprint density at radius 1 is 0.485 bits per heavy atom. The highest BCUT2D eigenvalue weighted by molar-refractivity contribution is 5.79. The van der Waals surface area contributed by atoms with Crippen LogP contribution < -0.4 is 4.74 Å². The molecule has 0 saturated heterocycles. The Labute approximate surface area is 192 Å². The van der Waals surface area contributed by atoms with Gasteiger partial charge in [-0.3, -0.25) is 0 Å². The van der Waals surface area contributed by atoms with Gasteiger partial charge in [-0.25, -0.2) is 0 Å². The van der Waals surface area contributed by atoms with Crippen LogP contribution >= 0.6 is 0 Å². The first-order chi connectivity index (χ1) is 15.7. The van der Waals surface area contributed by atoms with Crippen LogP contribution in [0.3, 0.4) is 0 Å². The van der Waals surface area contributed by atoms with Crippen LogP contribution in [0.2, 0.25) is 0 Å². The lowest BCUT2D eigenvalue weighted by molar-refractivity contribution is 0.438. The number of hydrogen-bond donors (Lipinski definition) is 4. The maximum absolute atomic E-state index is 10.4. The maximum atomic E-state index is 10.4. The van der Waals surface area contributed by atoms with Gasteiger partial charge in [0.05, 0.1) is 0 Å². The van der Waals surface area contributed by atoms with Crippen molar-refractivity contribution in [2.75, 3.05) is 0 Å². The van der Waals surface area contributed by atoms with E-state index < -0.39 is 0 Å². The Kier molecular flexibility index (Phi) is 5.64. The average Bonchev–Trinajstić information content (AvgIpc) is 2.78. The number of ether oxygens (including phenoxy) is 1. The predicted molar refractivity (Wildman–Crippen MR) is 129 cm³/mol. The molecule has 4 aromatic carbocycles. The van der Waals surface area contributed by atoms with Crippen molar-refractivity contribution in [2.45, 2.75) is 27.7 Å². The van der Waals surface area contributed by atoms with Crippen LogP contribution in [0.5, 0.6) is 34.5 Å². The summed E-state index contributed by atoms with van der Waals surface area (Å²) in [5.74, 6) is 1.47. The van der Waals surface area contributed by atoms with E-state index >= 15 is 0 Å². The van der Waals surface area contributed by atoms with Crippen molar-refractivity contribution in [2.24, 2.45) is 0 Å². The van der Waals surface area contributed by atoms with E-state index in [9.17, 15) is 20.4 Å². The summed E-state index contributed by atoms with van der Waals surface area (Å²) in [5.41, 5.74) is 5.66. The minimum absolute atomic E-state index is 0.0871. The summed E-state index contributed by atoms with van der Waals surface area (Å²) in [6.45, 7) is 7.17. The van der Waals surface area contributed by atoms with Crippen molar-refractivity contribution in [3.05, 3.63) is 82.9 Å². The van der Waals surface area contributed by atoms with Crippen molar-refractivity contribution in [1.29, 1.82) is 0 Å². The quantitative estimate of drug-likeness (QED) is 0.277. The minimum atomic E-state index is 0.0871. The fourth-order valence-corrected chi connectivity index (χ4v) is 3.83. The van der Waals surface area contributed by atoms with E-state index in [0.29, 0.717) is 22.6 Å². The third-order valence-corrected chi connectivity index (χ3v) is 5.97. The first kappa shape index (κ1) is 22.1. The highest BCUT2D eigenvalue weighted by atomic mass is 16.5. The van der Waals surface area contributed by atoms with E-state index in [2.05, 4.69) is 0 Å². The van der Waals surface area contributed by atoms with Crippen molar-refractivity contribution in [3.63, 3.8) is 0 Å². The third kappa shape index (κ3) is 4.05. The molecule has 0 unspecified atom stereocenters. The molecular formula is C28H26O5. The summed E-state index contributed by atoms with van der Waals surface area (Å²) >= 11 is 0. The van der Waals surface area contributed by atoms with Crippen molar-refractivity contribution < 1.29 is 25.2 Å². The number of aromatic hydroxyl groups is 4. The third-order valence-electron chi connectivity index (χ3n) is 5.97. The summed E-state index contributed by atoms with van der Waals surface area (Å²) in [4.78, 5) is 0. The minimum Gasteiger partial charge on any atom is -0.508 e. The molecular weight excluding hydrogens is 416 g/mol. The zero-order chi connectivity index (χ0) is 23.9. The second-order valence-electron chi connectivity index (χ2n) is 8.28. The molecule has 0 radical (unpaired) electrons. The van der Waals surface area contributed by atoms with E-state index in [4.69, 9.17) is 4.74 Å². The van der Waals surface area contributed by atoms with Crippen LogP contribution in [0.4, 0.5) is 0 Å². The van der Waals surface area contributed by atoms with Gasteiger partial charge in [-0.1, -0.05) is 12.1 Å². The van der Waals surface area contributed by atoms with Crippen LogP contribution in [-0.2, 0) is 0 Å². The molecule has 0 saturated carbocycles. The number of aryl methyl sites for hydroxylation is 2. The topological polar surface area (TPSA) is 90.2 Å². The lowest BCUT2D eigenvalue weighted by Crippen LogP contribution is -1.97. The molecule has 0 atom stereocenters. The molecule has 33 heavy (non-hydrogen) atoms. The van der Waals surface area contributed by atoms with Gasteiger partial charge in [-0.2, -0.15) is 0 Å². The first-order valence-corrected chi connectivity index (χ1v) is 10.6. The van der Waals surface area contributed by atoms with Crippen LogP contribution in [0.15, 0.2) is 60.7 Å². The second kappa shape index (κ2) is 8.43. The molecule has 5 heteroatoms. The number of phenols is 4. The molecule has 4 aromatic rings. The number of phenolic OH excluding ortho intramolecular Hbond substituents is 4. The van der Waals surface area contributed by atoms with Gasteiger partial charge in [-0.15, -0.1) is 0 Å². The van der Waals surface area contributed by atoms with Crippen molar-refractivity contribution in [1.82, 2.24) is 0 Å². The molecule has 0 aliphatic heterocycles. The van der Waals surface area contributed by atoms with Crippen LogP contribution in [-0.4, -0.2) is 20.4 Å². The van der Waals surface area contributed by atoms with E-state index in [0.717, 1.165) is 33.4 Å². The van der Waals surface area contributed by atoms with Gasteiger partial charge >= 0.3 is 0 Å². The van der Waals surface area contributed by atoms with Gasteiger partial charge in [0.25, 0.3) is 0 Å².